The van der Waals surface area contributed by atoms with Gasteiger partial charge < -0.3 is 10.4 Å². The van der Waals surface area contributed by atoms with Crippen molar-refractivity contribution < 1.29 is 14.7 Å². The van der Waals surface area contributed by atoms with Crippen LogP contribution in [-0.2, 0) is 7.05 Å². The predicted octanol–water partition coefficient (Wildman–Crippen LogP) is 2.33. The van der Waals surface area contributed by atoms with Crippen molar-refractivity contribution in [3.05, 3.63) is 46.2 Å². The third kappa shape index (κ3) is 2.80. The van der Waals surface area contributed by atoms with Crippen molar-refractivity contribution in [2.45, 2.75) is 6.92 Å². The minimum absolute atomic E-state index is 0.0596. The van der Waals surface area contributed by atoms with Crippen molar-refractivity contribution in [3.8, 4) is 0 Å². The fourth-order valence-corrected chi connectivity index (χ4v) is 1.99. The van der Waals surface area contributed by atoms with Gasteiger partial charge in [-0.3, -0.25) is 9.48 Å². The van der Waals surface area contributed by atoms with Crippen molar-refractivity contribution in [3.63, 3.8) is 0 Å². The summed E-state index contributed by atoms with van der Waals surface area (Å²) in [5.41, 5.74) is 1.52. The SMILES string of the molecule is Cc1cc(C(=O)Nc2ccc(C(=O)O)cc2Cl)n(C)n1. The van der Waals surface area contributed by atoms with E-state index in [2.05, 4.69) is 10.4 Å². The van der Waals surface area contributed by atoms with Crippen LogP contribution >= 0.6 is 11.6 Å². The van der Waals surface area contributed by atoms with E-state index in [1.54, 1.807) is 20.0 Å². The maximum Gasteiger partial charge on any atom is 0.335 e. The van der Waals surface area contributed by atoms with E-state index in [9.17, 15) is 9.59 Å². The first-order valence-corrected chi connectivity index (χ1v) is 6.11. The van der Waals surface area contributed by atoms with Crippen LogP contribution in [0.15, 0.2) is 24.3 Å². The van der Waals surface area contributed by atoms with Crippen molar-refractivity contribution in [1.82, 2.24) is 9.78 Å². The van der Waals surface area contributed by atoms with Gasteiger partial charge in [0, 0.05) is 7.05 Å². The Morgan fingerprint density at radius 1 is 1.35 bits per heavy atom. The number of hydrogen-bond donors (Lipinski definition) is 2. The zero-order valence-corrected chi connectivity index (χ0v) is 11.6. The lowest BCUT2D eigenvalue weighted by Gasteiger charge is -2.07. The van der Waals surface area contributed by atoms with Gasteiger partial charge in [0.05, 0.1) is 22.0 Å². The summed E-state index contributed by atoms with van der Waals surface area (Å²) in [5.74, 6) is -1.44. The number of nitrogens with zero attached hydrogens (tertiary/aromatic N) is 2. The molecule has 0 fully saturated rings. The number of aromatic carboxylic acids is 1. The monoisotopic (exact) mass is 293 g/mol. The highest BCUT2D eigenvalue weighted by Crippen LogP contribution is 2.23. The third-order valence-corrected chi connectivity index (χ3v) is 3.01. The van der Waals surface area contributed by atoms with Crippen LogP contribution < -0.4 is 5.32 Å². The second kappa shape index (κ2) is 5.34. The highest BCUT2D eigenvalue weighted by atomic mass is 35.5. The predicted molar refractivity (Wildman–Crippen MR) is 74.3 cm³/mol. The molecule has 0 radical (unpaired) electrons. The Morgan fingerprint density at radius 3 is 2.55 bits per heavy atom. The minimum atomic E-state index is -1.08. The fraction of sp³-hybridized carbons (Fsp3) is 0.154. The zero-order chi connectivity index (χ0) is 14.9. The number of aryl methyl sites for hydroxylation is 2. The molecule has 6 nitrogen and oxygen atoms in total. The van der Waals surface area contributed by atoms with Crippen molar-refractivity contribution in [2.75, 3.05) is 5.32 Å². The largest absolute Gasteiger partial charge is 0.478 e. The molecule has 1 aromatic heterocycles. The van der Waals surface area contributed by atoms with Crippen LogP contribution in [0.3, 0.4) is 0 Å². The fourth-order valence-electron chi connectivity index (χ4n) is 1.76. The summed E-state index contributed by atoms with van der Waals surface area (Å²) in [7, 11) is 1.66. The molecule has 0 atom stereocenters. The average Bonchev–Trinajstić information content (AvgIpc) is 2.70. The van der Waals surface area contributed by atoms with Crippen LogP contribution in [0.25, 0.3) is 0 Å². The lowest BCUT2D eigenvalue weighted by molar-refractivity contribution is 0.0696. The number of aromatic nitrogens is 2. The molecule has 0 bridgehead atoms. The Balaban J connectivity index is 2.24. The van der Waals surface area contributed by atoms with Gasteiger partial charge in [-0.1, -0.05) is 11.6 Å². The molecule has 0 unspecified atom stereocenters. The number of rotatable bonds is 3. The Bertz CT molecular complexity index is 694. The van der Waals surface area contributed by atoms with E-state index >= 15 is 0 Å². The van der Waals surface area contributed by atoms with Gasteiger partial charge >= 0.3 is 5.97 Å². The summed E-state index contributed by atoms with van der Waals surface area (Å²) in [4.78, 5) is 22.9. The number of halogens is 1. The molecule has 20 heavy (non-hydrogen) atoms. The van der Waals surface area contributed by atoms with Crippen LogP contribution in [0.5, 0.6) is 0 Å². The summed E-state index contributed by atoms with van der Waals surface area (Å²) in [6.07, 6.45) is 0. The van der Waals surface area contributed by atoms with Crippen molar-refractivity contribution >= 4 is 29.2 Å². The van der Waals surface area contributed by atoms with E-state index in [4.69, 9.17) is 16.7 Å². The molecule has 7 heteroatoms. The standard InChI is InChI=1S/C13H12ClN3O3/c1-7-5-11(17(2)16-7)12(18)15-10-4-3-8(13(19)20)6-9(10)14/h3-6H,1-2H3,(H,15,18)(H,19,20). The van der Waals surface area contributed by atoms with Gasteiger partial charge in [-0.05, 0) is 31.2 Å². The molecule has 0 spiro atoms. The number of hydrogen-bond acceptors (Lipinski definition) is 3. The second-order valence-electron chi connectivity index (χ2n) is 4.25. The number of benzene rings is 1. The summed E-state index contributed by atoms with van der Waals surface area (Å²) >= 11 is 5.95. The topological polar surface area (TPSA) is 84.2 Å². The first-order chi connectivity index (χ1) is 9.38. The average molecular weight is 294 g/mol. The van der Waals surface area contributed by atoms with Gasteiger partial charge in [-0.2, -0.15) is 5.10 Å². The quantitative estimate of drug-likeness (QED) is 0.909. The van der Waals surface area contributed by atoms with Gasteiger partial charge in [-0.15, -0.1) is 0 Å². The molecule has 0 saturated carbocycles. The van der Waals surface area contributed by atoms with E-state index in [-0.39, 0.29) is 16.5 Å². The summed E-state index contributed by atoms with van der Waals surface area (Å²) in [6.45, 7) is 1.78. The van der Waals surface area contributed by atoms with E-state index in [1.165, 1.54) is 22.9 Å². The molecule has 104 valence electrons. The van der Waals surface area contributed by atoms with Crippen molar-refractivity contribution in [1.29, 1.82) is 0 Å². The highest BCUT2D eigenvalue weighted by Gasteiger charge is 2.14. The van der Waals surface area contributed by atoms with Gasteiger partial charge in [0.15, 0.2) is 0 Å². The molecule has 0 aliphatic heterocycles. The maximum absolute atomic E-state index is 12.1. The Hall–Kier alpha value is -2.34. The molecular weight excluding hydrogens is 282 g/mol. The van der Waals surface area contributed by atoms with Crippen LogP contribution in [-0.4, -0.2) is 26.8 Å². The van der Waals surface area contributed by atoms with Crippen LogP contribution in [0, 0.1) is 6.92 Å². The molecule has 2 aromatic rings. The van der Waals surface area contributed by atoms with Crippen LogP contribution in [0.1, 0.15) is 26.5 Å². The minimum Gasteiger partial charge on any atom is -0.478 e. The molecule has 0 aliphatic carbocycles. The lowest BCUT2D eigenvalue weighted by Crippen LogP contribution is -2.16. The number of carbonyl (C=O) groups is 2. The first kappa shape index (κ1) is 14.1. The molecule has 0 aliphatic rings. The molecule has 2 rings (SSSR count). The molecule has 1 aromatic carbocycles. The molecule has 0 saturated heterocycles. The molecule has 1 heterocycles. The molecule has 1 amide bonds. The summed E-state index contributed by atoms with van der Waals surface area (Å²) < 4.78 is 1.46. The highest BCUT2D eigenvalue weighted by molar-refractivity contribution is 6.34. The number of anilines is 1. The number of carboxylic acid groups (broad SMARTS) is 1. The maximum atomic E-state index is 12.1. The number of carbonyl (C=O) groups excluding carboxylic acids is 1. The normalized spacial score (nSPS) is 10.3. The van der Waals surface area contributed by atoms with E-state index < -0.39 is 5.97 Å². The smallest absolute Gasteiger partial charge is 0.335 e. The third-order valence-electron chi connectivity index (χ3n) is 2.70. The first-order valence-electron chi connectivity index (χ1n) is 5.73. The van der Waals surface area contributed by atoms with Gasteiger partial charge in [-0.25, -0.2) is 4.79 Å². The van der Waals surface area contributed by atoms with Crippen LogP contribution in [0.2, 0.25) is 5.02 Å². The number of nitrogens with one attached hydrogen (secondary N) is 1. The van der Waals surface area contributed by atoms with Gasteiger partial charge in [0.2, 0.25) is 0 Å². The zero-order valence-electron chi connectivity index (χ0n) is 10.8. The summed E-state index contributed by atoms with van der Waals surface area (Å²) in [6, 6.07) is 5.76. The van der Waals surface area contributed by atoms with Gasteiger partial charge in [0.1, 0.15) is 5.69 Å². The van der Waals surface area contributed by atoms with Crippen LogP contribution in [0.4, 0.5) is 5.69 Å². The van der Waals surface area contributed by atoms with E-state index in [1.807, 2.05) is 0 Å². The second-order valence-corrected chi connectivity index (χ2v) is 4.66. The van der Waals surface area contributed by atoms with E-state index in [0.29, 0.717) is 11.4 Å². The van der Waals surface area contributed by atoms with E-state index in [0.717, 1.165) is 5.69 Å². The summed E-state index contributed by atoms with van der Waals surface area (Å²) in [5, 5.41) is 15.7. The van der Waals surface area contributed by atoms with Crippen molar-refractivity contribution in [2.24, 2.45) is 7.05 Å². The Labute approximate surface area is 120 Å². The molecule has 2 N–H and O–H groups in total. The Morgan fingerprint density at radius 2 is 2.05 bits per heavy atom. The number of amides is 1. The lowest BCUT2D eigenvalue weighted by atomic mass is 10.2. The van der Waals surface area contributed by atoms with Gasteiger partial charge in [0.25, 0.3) is 5.91 Å². The Kier molecular flexibility index (Phi) is 3.76. The molecular formula is C13H12ClN3O3. The number of carboxylic acids is 1.